The van der Waals surface area contributed by atoms with Crippen LogP contribution in [0.3, 0.4) is 0 Å². The van der Waals surface area contributed by atoms with Gasteiger partial charge in [0.2, 0.25) is 0 Å². The standard InChI is InChI=1S/C15H21N3O2/c16-14(19)12-9-6-10-17-13(12)15(20)18-11-7-4-2-1-3-5-8-11/h6,9-11H,1-5,7-8H2,(H2,16,19)(H,18,20). The summed E-state index contributed by atoms with van der Waals surface area (Å²) in [6.07, 6.45) is 9.48. The summed E-state index contributed by atoms with van der Waals surface area (Å²) in [6, 6.07) is 3.31. The quantitative estimate of drug-likeness (QED) is 0.885. The van der Waals surface area contributed by atoms with Crippen LogP contribution in [0.2, 0.25) is 0 Å². The van der Waals surface area contributed by atoms with Crippen molar-refractivity contribution in [2.24, 2.45) is 5.73 Å². The van der Waals surface area contributed by atoms with Gasteiger partial charge in [0.15, 0.2) is 0 Å². The number of rotatable bonds is 3. The maximum absolute atomic E-state index is 12.3. The molecule has 0 unspecified atom stereocenters. The molecular formula is C15H21N3O2. The van der Waals surface area contributed by atoms with Crippen LogP contribution in [0.15, 0.2) is 18.3 Å². The Labute approximate surface area is 119 Å². The summed E-state index contributed by atoms with van der Waals surface area (Å²) in [5, 5.41) is 2.99. The molecule has 2 rings (SSSR count). The lowest BCUT2D eigenvalue weighted by Gasteiger charge is -2.21. The van der Waals surface area contributed by atoms with Crippen molar-refractivity contribution < 1.29 is 9.59 Å². The lowest BCUT2D eigenvalue weighted by atomic mass is 9.96. The first-order chi connectivity index (χ1) is 9.68. The van der Waals surface area contributed by atoms with Crippen LogP contribution in [-0.2, 0) is 0 Å². The fraction of sp³-hybridized carbons (Fsp3) is 0.533. The number of pyridine rings is 1. The van der Waals surface area contributed by atoms with Crippen LogP contribution in [0, 0.1) is 0 Å². The summed E-state index contributed by atoms with van der Waals surface area (Å²) < 4.78 is 0. The third-order valence-electron chi connectivity index (χ3n) is 3.73. The molecule has 20 heavy (non-hydrogen) atoms. The van der Waals surface area contributed by atoms with Gasteiger partial charge in [-0.15, -0.1) is 0 Å². The SMILES string of the molecule is NC(=O)c1cccnc1C(=O)NC1CCCCCCC1. The Bertz CT molecular complexity index is 480. The van der Waals surface area contributed by atoms with Gasteiger partial charge in [-0.2, -0.15) is 0 Å². The Balaban J connectivity index is 2.05. The maximum atomic E-state index is 12.3. The number of amides is 2. The normalized spacial score (nSPS) is 17.0. The van der Waals surface area contributed by atoms with Gasteiger partial charge in [0.25, 0.3) is 11.8 Å². The highest BCUT2D eigenvalue weighted by Crippen LogP contribution is 2.17. The molecule has 1 heterocycles. The first-order valence-electron chi connectivity index (χ1n) is 7.24. The molecule has 0 aliphatic heterocycles. The Kier molecular flexibility index (Phi) is 5.09. The second kappa shape index (κ2) is 7.03. The molecule has 0 saturated heterocycles. The molecule has 0 spiro atoms. The number of primary amides is 1. The van der Waals surface area contributed by atoms with E-state index in [2.05, 4.69) is 10.3 Å². The van der Waals surface area contributed by atoms with Gasteiger partial charge in [-0.3, -0.25) is 14.6 Å². The predicted molar refractivity (Wildman–Crippen MR) is 76.3 cm³/mol. The average molecular weight is 275 g/mol. The van der Waals surface area contributed by atoms with Gasteiger partial charge in [-0.1, -0.05) is 32.1 Å². The number of carbonyl (C=O) groups excluding carboxylic acids is 2. The monoisotopic (exact) mass is 275 g/mol. The molecule has 0 radical (unpaired) electrons. The number of carbonyl (C=O) groups is 2. The smallest absolute Gasteiger partial charge is 0.270 e. The molecule has 0 aromatic carbocycles. The third-order valence-corrected chi connectivity index (χ3v) is 3.73. The second-order valence-corrected chi connectivity index (χ2v) is 5.28. The lowest BCUT2D eigenvalue weighted by Crippen LogP contribution is -2.37. The average Bonchev–Trinajstić information content (AvgIpc) is 2.41. The fourth-order valence-electron chi connectivity index (χ4n) is 2.64. The Morgan fingerprint density at radius 3 is 2.45 bits per heavy atom. The zero-order valence-electron chi connectivity index (χ0n) is 11.6. The molecule has 108 valence electrons. The van der Waals surface area contributed by atoms with Crippen molar-refractivity contribution >= 4 is 11.8 Å². The summed E-state index contributed by atoms with van der Waals surface area (Å²) in [5.74, 6) is -0.925. The highest BCUT2D eigenvalue weighted by molar-refractivity contribution is 6.05. The number of nitrogens with one attached hydrogen (secondary N) is 1. The molecule has 5 heteroatoms. The van der Waals surface area contributed by atoms with Gasteiger partial charge in [-0.05, 0) is 25.0 Å². The molecular weight excluding hydrogens is 254 g/mol. The molecule has 1 aliphatic rings. The molecule has 1 fully saturated rings. The molecule has 1 aromatic rings. The zero-order valence-corrected chi connectivity index (χ0v) is 11.6. The van der Waals surface area contributed by atoms with Crippen molar-refractivity contribution in [1.82, 2.24) is 10.3 Å². The van der Waals surface area contributed by atoms with Crippen molar-refractivity contribution in [3.05, 3.63) is 29.6 Å². The molecule has 0 atom stereocenters. The van der Waals surface area contributed by atoms with Crippen molar-refractivity contribution in [3.8, 4) is 0 Å². The van der Waals surface area contributed by atoms with E-state index in [4.69, 9.17) is 5.73 Å². The molecule has 5 nitrogen and oxygen atoms in total. The number of nitrogens with two attached hydrogens (primary N) is 1. The van der Waals surface area contributed by atoms with E-state index in [0.717, 1.165) is 25.7 Å². The van der Waals surface area contributed by atoms with E-state index in [-0.39, 0.29) is 23.2 Å². The van der Waals surface area contributed by atoms with Gasteiger partial charge < -0.3 is 11.1 Å². The van der Waals surface area contributed by atoms with E-state index in [1.165, 1.54) is 31.5 Å². The number of hydrogen-bond acceptors (Lipinski definition) is 3. The topological polar surface area (TPSA) is 85.1 Å². The van der Waals surface area contributed by atoms with Crippen LogP contribution in [-0.4, -0.2) is 22.8 Å². The van der Waals surface area contributed by atoms with Crippen molar-refractivity contribution in [1.29, 1.82) is 0 Å². The zero-order chi connectivity index (χ0) is 14.4. The Hall–Kier alpha value is -1.91. The minimum Gasteiger partial charge on any atom is -0.366 e. The summed E-state index contributed by atoms with van der Waals surface area (Å²) in [4.78, 5) is 27.6. The van der Waals surface area contributed by atoms with E-state index in [1.807, 2.05) is 0 Å². The number of nitrogens with zero attached hydrogens (tertiary/aromatic N) is 1. The van der Waals surface area contributed by atoms with Crippen molar-refractivity contribution in [3.63, 3.8) is 0 Å². The highest BCUT2D eigenvalue weighted by Gasteiger charge is 2.20. The van der Waals surface area contributed by atoms with E-state index >= 15 is 0 Å². The van der Waals surface area contributed by atoms with E-state index in [9.17, 15) is 9.59 Å². The third kappa shape index (κ3) is 3.79. The van der Waals surface area contributed by atoms with Crippen LogP contribution >= 0.6 is 0 Å². The second-order valence-electron chi connectivity index (χ2n) is 5.28. The molecule has 1 aromatic heterocycles. The van der Waals surface area contributed by atoms with Gasteiger partial charge in [0.05, 0.1) is 5.56 Å². The van der Waals surface area contributed by atoms with Gasteiger partial charge in [0, 0.05) is 12.2 Å². The van der Waals surface area contributed by atoms with E-state index in [1.54, 1.807) is 6.07 Å². The lowest BCUT2D eigenvalue weighted by molar-refractivity contribution is 0.0911. The first-order valence-corrected chi connectivity index (χ1v) is 7.24. The molecule has 2 amide bonds. The number of aromatic nitrogens is 1. The van der Waals surface area contributed by atoms with Crippen LogP contribution in [0.5, 0.6) is 0 Å². The van der Waals surface area contributed by atoms with Crippen molar-refractivity contribution in [2.75, 3.05) is 0 Å². The molecule has 1 saturated carbocycles. The van der Waals surface area contributed by atoms with Gasteiger partial charge in [0.1, 0.15) is 5.69 Å². The van der Waals surface area contributed by atoms with Gasteiger partial charge >= 0.3 is 0 Å². The minimum absolute atomic E-state index is 0.127. The first kappa shape index (κ1) is 14.5. The molecule has 0 bridgehead atoms. The maximum Gasteiger partial charge on any atom is 0.270 e. The highest BCUT2D eigenvalue weighted by atomic mass is 16.2. The van der Waals surface area contributed by atoms with Crippen LogP contribution in [0.25, 0.3) is 0 Å². The van der Waals surface area contributed by atoms with Crippen LogP contribution in [0.1, 0.15) is 65.8 Å². The fourth-order valence-corrected chi connectivity index (χ4v) is 2.64. The van der Waals surface area contributed by atoms with Gasteiger partial charge in [-0.25, -0.2) is 0 Å². The minimum atomic E-state index is -0.624. The van der Waals surface area contributed by atoms with E-state index in [0.29, 0.717) is 0 Å². The van der Waals surface area contributed by atoms with E-state index < -0.39 is 5.91 Å². The summed E-state index contributed by atoms with van der Waals surface area (Å²) in [7, 11) is 0. The molecule has 3 N–H and O–H groups in total. The Morgan fingerprint density at radius 1 is 1.15 bits per heavy atom. The van der Waals surface area contributed by atoms with Crippen LogP contribution in [0.4, 0.5) is 0 Å². The number of hydrogen-bond donors (Lipinski definition) is 2. The summed E-state index contributed by atoms with van der Waals surface area (Å²) >= 11 is 0. The predicted octanol–water partition coefficient (Wildman–Crippen LogP) is 2.02. The molecule has 1 aliphatic carbocycles. The van der Waals surface area contributed by atoms with Crippen molar-refractivity contribution in [2.45, 2.75) is 51.0 Å². The Morgan fingerprint density at radius 2 is 1.80 bits per heavy atom. The summed E-state index contributed by atoms with van der Waals surface area (Å²) in [5.41, 5.74) is 5.58. The largest absolute Gasteiger partial charge is 0.366 e. The van der Waals surface area contributed by atoms with Crippen LogP contribution < -0.4 is 11.1 Å². The summed E-state index contributed by atoms with van der Waals surface area (Å²) in [6.45, 7) is 0.